The van der Waals surface area contributed by atoms with E-state index in [2.05, 4.69) is 10.6 Å². The molecule has 2 aromatic carbocycles. The van der Waals surface area contributed by atoms with Crippen molar-refractivity contribution in [2.24, 2.45) is 0 Å². The zero-order chi connectivity index (χ0) is 23.3. The van der Waals surface area contributed by atoms with E-state index in [0.717, 1.165) is 0 Å². The number of amides is 2. The normalized spacial score (nSPS) is 10.3. The van der Waals surface area contributed by atoms with Gasteiger partial charge in [0.2, 0.25) is 11.8 Å². The molecule has 2 aromatic rings. The van der Waals surface area contributed by atoms with Crippen LogP contribution < -0.4 is 15.4 Å². The Morgan fingerprint density at radius 2 is 1.29 bits per heavy atom. The molecule has 0 aliphatic rings. The van der Waals surface area contributed by atoms with Crippen molar-refractivity contribution in [3.63, 3.8) is 0 Å². The summed E-state index contributed by atoms with van der Waals surface area (Å²) in [5.74, 6) is -1.56. The van der Waals surface area contributed by atoms with Crippen molar-refractivity contribution in [3.8, 4) is 5.75 Å². The average Bonchev–Trinajstić information content (AvgIpc) is 2.69. The lowest BCUT2D eigenvalue weighted by atomic mass is 10.1. The predicted molar refractivity (Wildman–Crippen MR) is 141 cm³/mol. The second-order valence-corrected chi connectivity index (χ2v) is 9.30. The van der Waals surface area contributed by atoms with Crippen LogP contribution >= 0.6 is 67.8 Å². The molecule has 0 unspecified atom stereocenters. The lowest BCUT2D eigenvalue weighted by molar-refractivity contribution is -0.115. The van der Waals surface area contributed by atoms with Crippen LogP contribution in [0.25, 0.3) is 0 Å². The molecule has 0 atom stereocenters. The number of esters is 2. The molecule has 164 valence electrons. The highest BCUT2D eigenvalue weighted by atomic mass is 127. The molecule has 0 aliphatic heterocycles. The van der Waals surface area contributed by atoms with Gasteiger partial charge in [0.1, 0.15) is 5.75 Å². The molecule has 0 fully saturated rings. The lowest BCUT2D eigenvalue weighted by Gasteiger charge is -2.19. The number of ether oxygens (including phenoxy) is 2. The maximum Gasteiger partial charge on any atom is 0.345 e. The second kappa shape index (κ2) is 11.4. The molecule has 2 N–H and O–H groups in total. The summed E-state index contributed by atoms with van der Waals surface area (Å²) in [6.45, 7) is 4.67. The Bertz CT molecular complexity index is 1010. The Kier molecular flexibility index (Phi) is 9.47. The van der Waals surface area contributed by atoms with Crippen molar-refractivity contribution >= 4 is 103 Å². The van der Waals surface area contributed by atoms with E-state index in [1.54, 1.807) is 6.92 Å². The summed E-state index contributed by atoms with van der Waals surface area (Å²) in [6, 6.07) is 5.96. The van der Waals surface area contributed by atoms with Crippen molar-refractivity contribution in [2.75, 3.05) is 17.2 Å². The fraction of sp³-hybridized carbons (Fsp3) is 0.200. The lowest BCUT2D eigenvalue weighted by Crippen LogP contribution is -2.20. The van der Waals surface area contributed by atoms with Gasteiger partial charge in [-0.2, -0.15) is 0 Å². The molecule has 11 heteroatoms. The van der Waals surface area contributed by atoms with E-state index in [1.807, 2.05) is 67.8 Å². The molecule has 0 radical (unpaired) electrons. The third-order valence-corrected chi connectivity index (χ3v) is 6.94. The second-order valence-electron chi connectivity index (χ2n) is 6.06. The summed E-state index contributed by atoms with van der Waals surface area (Å²) in [5, 5.41) is 5.41. The number of benzene rings is 2. The predicted octanol–water partition coefficient (Wildman–Crippen LogP) is 4.81. The molecule has 0 aliphatic carbocycles. The number of carbonyl (C=O) groups excluding carboxylic acids is 4. The van der Waals surface area contributed by atoms with E-state index in [9.17, 15) is 19.2 Å². The van der Waals surface area contributed by atoms with Crippen LogP contribution in [0.1, 0.15) is 41.5 Å². The van der Waals surface area contributed by atoms with Crippen molar-refractivity contribution < 1.29 is 28.7 Å². The smallest absolute Gasteiger partial charge is 0.345 e. The van der Waals surface area contributed by atoms with Gasteiger partial charge in [-0.05, 0) is 99.0 Å². The molecule has 0 saturated carbocycles. The molecule has 0 heterocycles. The first-order valence-electron chi connectivity index (χ1n) is 8.81. The number of rotatable bonds is 6. The summed E-state index contributed by atoms with van der Waals surface area (Å²) in [6.07, 6.45) is 0. The molecule has 31 heavy (non-hydrogen) atoms. The van der Waals surface area contributed by atoms with E-state index < -0.39 is 11.9 Å². The van der Waals surface area contributed by atoms with E-state index in [0.29, 0.717) is 27.6 Å². The largest absolute Gasteiger partial charge is 0.462 e. The van der Waals surface area contributed by atoms with Gasteiger partial charge in [-0.1, -0.05) is 0 Å². The van der Waals surface area contributed by atoms with Crippen LogP contribution in [-0.4, -0.2) is 30.4 Å². The third kappa shape index (κ3) is 6.50. The number of hydrogen-bond donors (Lipinski definition) is 2. The molecule has 0 aromatic heterocycles. The molecular formula is C20H17I3N2O6. The van der Waals surface area contributed by atoms with Crippen molar-refractivity contribution in [3.05, 3.63) is 46.1 Å². The first kappa shape index (κ1) is 25.8. The first-order valence-corrected chi connectivity index (χ1v) is 12.0. The van der Waals surface area contributed by atoms with Crippen LogP contribution in [0.4, 0.5) is 11.4 Å². The van der Waals surface area contributed by atoms with Gasteiger partial charge in [-0.3, -0.25) is 9.59 Å². The Morgan fingerprint density at radius 1 is 0.806 bits per heavy atom. The van der Waals surface area contributed by atoms with Crippen LogP contribution in [0, 0.1) is 10.7 Å². The molecule has 2 amide bonds. The van der Waals surface area contributed by atoms with Gasteiger partial charge >= 0.3 is 11.9 Å². The van der Waals surface area contributed by atoms with E-state index in [-0.39, 0.29) is 29.7 Å². The Balaban J connectivity index is 2.46. The number of halogens is 3. The summed E-state index contributed by atoms with van der Waals surface area (Å²) in [5.41, 5.74) is 1.34. The van der Waals surface area contributed by atoms with Gasteiger partial charge in [0.15, 0.2) is 0 Å². The highest BCUT2D eigenvalue weighted by Gasteiger charge is 2.27. The number of nitrogens with one attached hydrogen (secondary N) is 2. The van der Waals surface area contributed by atoms with Gasteiger partial charge in [0.05, 0.1) is 39.8 Å². The number of hydrogen-bond acceptors (Lipinski definition) is 6. The van der Waals surface area contributed by atoms with Crippen LogP contribution in [0.3, 0.4) is 0 Å². The van der Waals surface area contributed by atoms with Gasteiger partial charge in [0.25, 0.3) is 0 Å². The molecular weight excluding hydrogens is 745 g/mol. The standard InChI is InChI=1S/C20H17I3N2O6/c1-4-30-19(28)11-5-7-12(8-6-11)31-20(29)13-14(21)17(24-9(2)26)16(23)18(15(13)22)25-10(3)27/h5-8H,4H2,1-3H3,(H,24,26)(H,25,27). The summed E-state index contributed by atoms with van der Waals surface area (Å²) in [4.78, 5) is 48.1. The van der Waals surface area contributed by atoms with Gasteiger partial charge < -0.3 is 20.1 Å². The maximum absolute atomic E-state index is 13.0. The van der Waals surface area contributed by atoms with Gasteiger partial charge in [0, 0.05) is 13.8 Å². The molecule has 0 bridgehead atoms. The van der Waals surface area contributed by atoms with E-state index in [4.69, 9.17) is 9.47 Å². The quantitative estimate of drug-likeness (QED) is 0.249. The SMILES string of the molecule is CCOC(=O)c1ccc(OC(=O)c2c(I)c(NC(C)=O)c(I)c(NC(C)=O)c2I)cc1. The highest BCUT2D eigenvalue weighted by molar-refractivity contribution is 14.1. The Labute approximate surface area is 219 Å². The fourth-order valence-corrected chi connectivity index (χ4v) is 6.59. The Hall–Kier alpha value is -1.49. The van der Waals surface area contributed by atoms with Crippen LogP contribution in [0.15, 0.2) is 24.3 Å². The Morgan fingerprint density at radius 3 is 1.71 bits per heavy atom. The first-order chi connectivity index (χ1) is 14.6. The summed E-state index contributed by atoms with van der Waals surface area (Å²) in [7, 11) is 0. The minimum absolute atomic E-state index is 0.198. The summed E-state index contributed by atoms with van der Waals surface area (Å²) >= 11 is 5.92. The maximum atomic E-state index is 13.0. The zero-order valence-corrected chi connectivity index (χ0v) is 23.1. The van der Waals surface area contributed by atoms with Gasteiger partial charge in [-0.15, -0.1) is 0 Å². The summed E-state index contributed by atoms with van der Waals surface area (Å²) < 4.78 is 12.0. The highest BCUT2D eigenvalue weighted by Crippen LogP contribution is 2.39. The minimum atomic E-state index is -0.674. The van der Waals surface area contributed by atoms with Crippen LogP contribution in [-0.2, 0) is 14.3 Å². The monoisotopic (exact) mass is 762 g/mol. The average molecular weight is 762 g/mol. The fourth-order valence-electron chi connectivity index (χ4n) is 2.45. The van der Waals surface area contributed by atoms with E-state index in [1.165, 1.54) is 38.1 Å². The molecule has 2 rings (SSSR count). The van der Waals surface area contributed by atoms with Crippen molar-refractivity contribution in [1.29, 1.82) is 0 Å². The van der Waals surface area contributed by atoms with Crippen LogP contribution in [0.2, 0.25) is 0 Å². The van der Waals surface area contributed by atoms with E-state index >= 15 is 0 Å². The van der Waals surface area contributed by atoms with Crippen molar-refractivity contribution in [1.82, 2.24) is 0 Å². The van der Waals surface area contributed by atoms with Crippen molar-refractivity contribution in [2.45, 2.75) is 20.8 Å². The molecule has 0 spiro atoms. The zero-order valence-electron chi connectivity index (χ0n) is 16.6. The molecule has 0 saturated heterocycles. The minimum Gasteiger partial charge on any atom is -0.462 e. The van der Waals surface area contributed by atoms with Crippen LogP contribution in [0.5, 0.6) is 5.75 Å². The number of anilines is 2. The van der Waals surface area contributed by atoms with Gasteiger partial charge in [-0.25, -0.2) is 9.59 Å². The number of carbonyl (C=O) groups is 4. The topological polar surface area (TPSA) is 111 Å². The molecule has 8 nitrogen and oxygen atoms in total. The third-order valence-electron chi connectivity index (χ3n) is 3.70.